The molecular formula is C9H15NOS. The van der Waals surface area contributed by atoms with Gasteiger partial charge in [-0.2, -0.15) is 0 Å². The van der Waals surface area contributed by atoms with Crippen LogP contribution >= 0.6 is 11.8 Å². The quantitative estimate of drug-likeness (QED) is 0.522. The summed E-state index contributed by atoms with van der Waals surface area (Å²) in [5.41, 5.74) is 0. The van der Waals surface area contributed by atoms with Crippen molar-refractivity contribution in [2.75, 3.05) is 5.75 Å². The molecule has 1 aromatic rings. The highest BCUT2D eigenvalue weighted by Crippen LogP contribution is 2.15. The molecule has 0 saturated heterocycles. The van der Waals surface area contributed by atoms with Crippen molar-refractivity contribution in [2.45, 2.75) is 25.8 Å². The summed E-state index contributed by atoms with van der Waals surface area (Å²) >= 11 is 1.69. The van der Waals surface area contributed by atoms with E-state index in [1.165, 1.54) is 0 Å². The summed E-state index contributed by atoms with van der Waals surface area (Å²) in [4.78, 5) is 0. The Morgan fingerprint density at radius 1 is 1.75 bits per heavy atom. The predicted octanol–water partition coefficient (Wildman–Crippen LogP) is 3.29. The van der Waals surface area contributed by atoms with Crippen LogP contribution in [0.4, 0.5) is 0 Å². The van der Waals surface area contributed by atoms with Crippen LogP contribution < -0.4 is 0 Å². The first kappa shape index (κ1) is 11.3. The van der Waals surface area contributed by atoms with Gasteiger partial charge in [0.25, 0.3) is 0 Å². The molecular weight excluding hydrogens is 170 g/mol. The van der Waals surface area contributed by atoms with E-state index in [4.69, 9.17) is 4.52 Å². The molecule has 0 unspecified atom stereocenters. The maximum absolute atomic E-state index is 4.85. The van der Waals surface area contributed by atoms with Crippen LogP contribution in [-0.4, -0.2) is 10.9 Å². The number of aromatic nitrogens is 1. The predicted molar refractivity (Wildman–Crippen MR) is 53.5 cm³/mol. The van der Waals surface area contributed by atoms with Gasteiger partial charge in [0.15, 0.2) is 0 Å². The van der Waals surface area contributed by atoms with E-state index in [0.717, 1.165) is 16.5 Å². The van der Waals surface area contributed by atoms with E-state index in [2.05, 4.69) is 18.7 Å². The summed E-state index contributed by atoms with van der Waals surface area (Å²) in [5, 5.41) is 4.77. The van der Waals surface area contributed by atoms with E-state index in [0.29, 0.717) is 0 Å². The van der Waals surface area contributed by atoms with Crippen LogP contribution in [0.2, 0.25) is 0 Å². The second-order valence-corrected chi connectivity index (χ2v) is 3.40. The minimum absolute atomic E-state index is 0.881. The maximum Gasteiger partial charge on any atom is 0.139 e. The molecule has 2 nitrogen and oxygen atoms in total. The number of nitrogens with zero attached hydrogens (tertiary/aromatic N) is 1. The standard InChI is InChI=1S/C6H9NOS.C3H6/c1-3-9-6-4-5(2)8-7-6;1-3-2/h4H,3H2,1-2H3;3H,1H2,2H3. The molecule has 1 aromatic heterocycles. The van der Waals surface area contributed by atoms with E-state index >= 15 is 0 Å². The average molecular weight is 185 g/mol. The van der Waals surface area contributed by atoms with Crippen LogP contribution in [0, 0.1) is 6.92 Å². The monoisotopic (exact) mass is 185 g/mol. The van der Waals surface area contributed by atoms with Gasteiger partial charge in [-0.05, 0) is 19.6 Å². The number of hydrogen-bond acceptors (Lipinski definition) is 3. The summed E-state index contributed by atoms with van der Waals surface area (Å²) in [6, 6.07) is 1.94. The van der Waals surface area contributed by atoms with Gasteiger partial charge in [-0.1, -0.05) is 18.2 Å². The molecule has 0 spiro atoms. The highest BCUT2D eigenvalue weighted by Gasteiger charge is 1.96. The third-order valence-electron chi connectivity index (χ3n) is 0.899. The lowest BCUT2D eigenvalue weighted by Crippen LogP contribution is -1.67. The lowest BCUT2D eigenvalue weighted by Gasteiger charge is -1.83. The van der Waals surface area contributed by atoms with E-state index in [-0.39, 0.29) is 0 Å². The van der Waals surface area contributed by atoms with E-state index < -0.39 is 0 Å². The molecule has 0 fully saturated rings. The Morgan fingerprint density at radius 2 is 2.33 bits per heavy atom. The number of allylic oxidation sites excluding steroid dienone is 1. The second kappa shape index (κ2) is 6.98. The van der Waals surface area contributed by atoms with Crippen LogP contribution in [0.5, 0.6) is 0 Å². The smallest absolute Gasteiger partial charge is 0.139 e. The van der Waals surface area contributed by atoms with E-state index in [9.17, 15) is 0 Å². The molecule has 0 N–H and O–H groups in total. The zero-order chi connectivity index (χ0) is 9.40. The van der Waals surface area contributed by atoms with Gasteiger partial charge < -0.3 is 4.52 Å². The fourth-order valence-electron chi connectivity index (χ4n) is 0.559. The summed E-state index contributed by atoms with van der Waals surface area (Å²) in [7, 11) is 0. The molecule has 0 aliphatic heterocycles. The number of aryl methyl sites for hydroxylation is 1. The highest BCUT2D eigenvalue weighted by atomic mass is 32.2. The SMILES string of the molecule is C=CC.CCSc1cc(C)on1. The zero-order valence-electron chi connectivity index (χ0n) is 7.83. The first-order chi connectivity index (χ1) is 5.74. The lowest BCUT2D eigenvalue weighted by molar-refractivity contribution is 0.383. The second-order valence-electron chi connectivity index (χ2n) is 2.12. The van der Waals surface area contributed by atoms with Crippen molar-refractivity contribution in [3.63, 3.8) is 0 Å². The molecule has 1 rings (SSSR count). The Hall–Kier alpha value is -0.700. The van der Waals surface area contributed by atoms with Gasteiger partial charge in [0.2, 0.25) is 0 Å². The van der Waals surface area contributed by atoms with Crippen LogP contribution in [0.1, 0.15) is 19.6 Å². The summed E-state index contributed by atoms with van der Waals surface area (Å²) in [5.74, 6) is 1.93. The van der Waals surface area contributed by atoms with Gasteiger partial charge in [0, 0.05) is 6.07 Å². The third kappa shape index (κ3) is 5.02. The molecule has 0 bridgehead atoms. The van der Waals surface area contributed by atoms with Gasteiger partial charge in [0.05, 0.1) is 0 Å². The normalized spacial score (nSPS) is 8.58. The van der Waals surface area contributed by atoms with Gasteiger partial charge in [-0.3, -0.25) is 0 Å². The molecule has 1 heterocycles. The van der Waals surface area contributed by atoms with E-state index in [1.807, 2.05) is 19.9 Å². The fourth-order valence-corrected chi connectivity index (χ4v) is 1.19. The van der Waals surface area contributed by atoms with Crippen molar-refractivity contribution < 1.29 is 4.52 Å². The van der Waals surface area contributed by atoms with Crippen molar-refractivity contribution in [3.8, 4) is 0 Å². The Morgan fingerprint density at radius 3 is 2.67 bits per heavy atom. The first-order valence-corrected chi connectivity index (χ1v) is 4.86. The Kier molecular flexibility index (Phi) is 6.57. The molecule has 0 saturated carbocycles. The van der Waals surface area contributed by atoms with Gasteiger partial charge in [-0.15, -0.1) is 18.3 Å². The third-order valence-corrected chi connectivity index (χ3v) is 1.68. The van der Waals surface area contributed by atoms with Crippen LogP contribution in [0.3, 0.4) is 0 Å². The first-order valence-electron chi connectivity index (χ1n) is 3.87. The molecule has 12 heavy (non-hydrogen) atoms. The van der Waals surface area contributed by atoms with Crippen molar-refractivity contribution in [1.29, 1.82) is 0 Å². The van der Waals surface area contributed by atoms with Gasteiger partial charge in [0.1, 0.15) is 10.8 Å². The zero-order valence-corrected chi connectivity index (χ0v) is 8.65. The van der Waals surface area contributed by atoms with Crippen LogP contribution in [-0.2, 0) is 0 Å². The topological polar surface area (TPSA) is 26.0 Å². The number of thioether (sulfide) groups is 1. The summed E-state index contributed by atoms with van der Waals surface area (Å²) in [6.45, 7) is 9.24. The number of hydrogen-bond donors (Lipinski definition) is 0. The molecule has 68 valence electrons. The Labute approximate surface area is 78.0 Å². The van der Waals surface area contributed by atoms with Crippen molar-refractivity contribution in [2.24, 2.45) is 0 Å². The largest absolute Gasteiger partial charge is 0.361 e. The van der Waals surface area contributed by atoms with Crippen LogP contribution in [0.15, 0.2) is 28.3 Å². The van der Waals surface area contributed by atoms with Crippen molar-refractivity contribution in [1.82, 2.24) is 5.16 Å². The molecule has 0 radical (unpaired) electrons. The van der Waals surface area contributed by atoms with Gasteiger partial charge in [-0.25, -0.2) is 0 Å². The Bertz CT molecular complexity index is 220. The van der Waals surface area contributed by atoms with Crippen molar-refractivity contribution in [3.05, 3.63) is 24.5 Å². The minimum Gasteiger partial charge on any atom is -0.361 e. The highest BCUT2D eigenvalue weighted by molar-refractivity contribution is 7.99. The lowest BCUT2D eigenvalue weighted by atomic mass is 10.5. The summed E-state index contributed by atoms with van der Waals surface area (Å²) < 4.78 is 4.85. The molecule has 3 heteroatoms. The number of rotatable bonds is 2. The van der Waals surface area contributed by atoms with E-state index in [1.54, 1.807) is 17.8 Å². The molecule has 0 aliphatic carbocycles. The molecule has 0 amide bonds. The molecule has 0 aliphatic rings. The minimum atomic E-state index is 0.881. The average Bonchev–Trinajstić information content (AvgIpc) is 2.38. The molecule has 0 aromatic carbocycles. The van der Waals surface area contributed by atoms with Crippen molar-refractivity contribution >= 4 is 11.8 Å². The fraction of sp³-hybridized carbons (Fsp3) is 0.444. The summed E-state index contributed by atoms with van der Waals surface area (Å²) in [6.07, 6.45) is 1.75. The van der Waals surface area contributed by atoms with Crippen LogP contribution in [0.25, 0.3) is 0 Å². The molecule has 0 atom stereocenters. The Balaban J connectivity index is 0.000000354. The van der Waals surface area contributed by atoms with Gasteiger partial charge >= 0.3 is 0 Å². The maximum atomic E-state index is 4.85.